The molecule has 5 N–H and O–H groups in total. The molecule has 10 nitrogen and oxygen atoms in total. The molecular weight excluding hydrogens is 504 g/mol. The average molecular weight is 543 g/mol. The number of carbonyl (C=O) groups excluding carboxylic acids is 1. The Labute approximate surface area is 222 Å². The summed E-state index contributed by atoms with van der Waals surface area (Å²) in [5, 5.41) is 48.2. The molecule has 208 valence electrons. The lowest BCUT2D eigenvalue weighted by Crippen LogP contribution is -2.28. The zero-order valence-corrected chi connectivity index (χ0v) is 21.9. The highest BCUT2D eigenvalue weighted by atomic mass is 35.5. The van der Waals surface area contributed by atoms with Crippen molar-refractivity contribution in [3.8, 4) is 5.75 Å². The van der Waals surface area contributed by atoms with Crippen molar-refractivity contribution in [2.45, 2.75) is 56.8 Å². The molecule has 5 atom stereocenters. The Kier molecular flexibility index (Phi) is 14.1. The van der Waals surface area contributed by atoms with Crippen LogP contribution in [0.4, 0.5) is 0 Å². The van der Waals surface area contributed by atoms with E-state index < -0.39 is 18.3 Å². The lowest BCUT2D eigenvalue weighted by atomic mass is 9.89. The van der Waals surface area contributed by atoms with Crippen LogP contribution >= 0.6 is 11.6 Å². The van der Waals surface area contributed by atoms with Gasteiger partial charge in [-0.05, 0) is 49.8 Å². The molecule has 1 amide bonds. The minimum atomic E-state index is -0.873. The molecule has 0 saturated heterocycles. The summed E-state index contributed by atoms with van der Waals surface area (Å²) in [4.78, 5) is 18.2. The fraction of sp³-hybridized carbons (Fsp3) is 0.577. The van der Waals surface area contributed by atoms with E-state index >= 15 is 0 Å². The number of amides is 1. The van der Waals surface area contributed by atoms with Crippen LogP contribution in [0.5, 0.6) is 5.75 Å². The van der Waals surface area contributed by atoms with Crippen LogP contribution in [0, 0.1) is 11.8 Å². The Morgan fingerprint density at radius 3 is 2.73 bits per heavy atom. The predicted molar refractivity (Wildman–Crippen MR) is 137 cm³/mol. The summed E-state index contributed by atoms with van der Waals surface area (Å²) in [7, 11) is 1.69. The number of rotatable bonds is 16. The molecule has 1 aliphatic carbocycles. The van der Waals surface area contributed by atoms with Gasteiger partial charge in [-0.15, -0.1) is 0 Å². The first kappa shape index (κ1) is 31.2. The number of hydrogen-bond donors (Lipinski definition) is 5. The van der Waals surface area contributed by atoms with Gasteiger partial charge in [0, 0.05) is 37.4 Å². The maximum absolute atomic E-state index is 12.2. The van der Waals surface area contributed by atoms with E-state index in [2.05, 4.69) is 4.84 Å². The van der Waals surface area contributed by atoms with Crippen LogP contribution in [0.15, 0.2) is 48.6 Å². The number of allylic oxidation sites excluding steroid dienone is 2. The zero-order valence-electron chi connectivity index (χ0n) is 21.1. The lowest BCUT2D eigenvalue weighted by molar-refractivity contribution is -0.492. The topological polar surface area (TPSA) is 143 Å². The van der Waals surface area contributed by atoms with Gasteiger partial charge in [0.25, 0.3) is 0 Å². The first-order valence-electron chi connectivity index (χ1n) is 12.5. The number of ether oxygens (including phenoxy) is 1. The molecule has 1 fully saturated rings. The summed E-state index contributed by atoms with van der Waals surface area (Å²) in [6, 6.07) is 6.90. The standard InChI is InChI=1S/C26H39ClN2O8/c1-28(14-7-15-37-29(34)35)26(33)11-5-3-2-4-10-22-23(25(32)17-24(22)31)13-12-20(30)18-36-21-9-6-8-19(27)16-21/h2,4,6,8-9,12-13,16,20,22-25,30-32,34-35H,3,5,7,10-11,14-15,17-18H2,1H3/b4-2-,13-12+/t20-,22-,23-,24+,25-/m1/s1. The third-order valence-electron chi connectivity index (χ3n) is 6.29. The van der Waals surface area contributed by atoms with Crippen LogP contribution in [-0.2, 0) is 9.63 Å². The van der Waals surface area contributed by atoms with Gasteiger partial charge in [0.1, 0.15) is 18.5 Å². The maximum atomic E-state index is 12.2. The normalized spacial score (nSPS) is 22.8. The summed E-state index contributed by atoms with van der Waals surface area (Å²) in [5.74, 6) is 0.0887. The van der Waals surface area contributed by atoms with E-state index in [1.54, 1.807) is 48.4 Å². The van der Waals surface area contributed by atoms with Crippen molar-refractivity contribution in [2.24, 2.45) is 11.8 Å². The summed E-state index contributed by atoms with van der Waals surface area (Å²) in [5.41, 5.74) is 0. The largest absolute Gasteiger partial charge is 0.491 e. The Hall–Kier alpha value is -2.02. The molecule has 0 heterocycles. The molecular formula is C26H39ClN2O8. The van der Waals surface area contributed by atoms with Crippen molar-refractivity contribution >= 4 is 17.5 Å². The Morgan fingerprint density at radius 2 is 2.00 bits per heavy atom. The second-order valence-electron chi connectivity index (χ2n) is 9.19. The minimum absolute atomic E-state index is 0.00399. The molecule has 0 unspecified atom stereocenters. The van der Waals surface area contributed by atoms with E-state index in [1.165, 1.54) is 0 Å². The van der Waals surface area contributed by atoms with Gasteiger partial charge in [0.05, 0.1) is 24.2 Å². The van der Waals surface area contributed by atoms with Gasteiger partial charge >= 0.3 is 0 Å². The highest BCUT2D eigenvalue weighted by molar-refractivity contribution is 6.30. The number of unbranched alkanes of at least 4 members (excludes halogenated alkanes) is 1. The smallest absolute Gasteiger partial charge is 0.222 e. The van der Waals surface area contributed by atoms with Gasteiger partial charge in [-0.3, -0.25) is 20.0 Å². The van der Waals surface area contributed by atoms with Gasteiger partial charge < -0.3 is 25.0 Å². The van der Waals surface area contributed by atoms with Crippen molar-refractivity contribution in [2.75, 3.05) is 26.8 Å². The molecule has 1 aromatic carbocycles. The second kappa shape index (κ2) is 16.7. The van der Waals surface area contributed by atoms with Crippen LogP contribution in [0.25, 0.3) is 0 Å². The lowest BCUT2D eigenvalue weighted by Gasteiger charge is -2.19. The molecule has 1 aromatic rings. The van der Waals surface area contributed by atoms with E-state index in [0.717, 1.165) is 0 Å². The highest BCUT2D eigenvalue weighted by Gasteiger charge is 2.39. The van der Waals surface area contributed by atoms with Crippen LogP contribution in [0.1, 0.15) is 38.5 Å². The van der Waals surface area contributed by atoms with Gasteiger partial charge in [-0.25, -0.2) is 0 Å². The highest BCUT2D eigenvalue weighted by Crippen LogP contribution is 2.36. The molecule has 0 aliphatic heterocycles. The first-order valence-corrected chi connectivity index (χ1v) is 12.9. The SMILES string of the molecule is CN(CCCON(O)O)C(=O)CCC/C=C\C[C@@H]1[C@@H](/C=C/[C@@H](O)COc2cccc(Cl)c2)[C@H](O)C[C@@H]1O. The van der Waals surface area contributed by atoms with Crippen molar-refractivity contribution in [1.82, 2.24) is 10.3 Å². The maximum Gasteiger partial charge on any atom is 0.222 e. The number of nitrogens with zero attached hydrogens (tertiary/aromatic N) is 2. The van der Waals surface area contributed by atoms with Gasteiger partial charge in [-0.2, -0.15) is 0 Å². The quantitative estimate of drug-likeness (QED) is 0.121. The van der Waals surface area contributed by atoms with E-state index in [1.807, 2.05) is 12.2 Å². The summed E-state index contributed by atoms with van der Waals surface area (Å²) >= 11 is 5.93. The van der Waals surface area contributed by atoms with E-state index in [4.69, 9.17) is 26.8 Å². The van der Waals surface area contributed by atoms with E-state index in [9.17, 15) is 20.1 Å². The van der Waals surface area contributed by atoms with Crippen molar-refractivity contribution in [3.63, 3.8) is 0 Å². The number of benzene rings is 1. The van der Waals surface area contributed by atoms with E-state index in [-0.39, 0.29) is 42.8 Å². The number of carbonyl (C=O) groups is 1. The summed E-state index contributed by atoms with van der Waals surface area (Å²) < 4.78 is 5.54. The average Bonchev–Trinajstić information content (AvgIpc) is 3.12. The van der Waals surface area contributed by atoms with Crippen molar-refractivity contribution in [1.29, 1.82) is 0 Å². The number of halogens is 1. The second-order valence-corrected chi connectivity index (χ2v) is 9.62. The molecule has 0 aromatic heterocycles. The van der Waals surface area contributed by atoms with Gasteiger partial charge in [0.15, 0.2) is 0 Å². The molecule has 37 heavy (non-hydrogen) atoms. The minimum Gasteiger partial charge on any atom is -0.491 e. The third-order valence-corrected chi connectivity index (χ3v) is 6.53. The van der Waals surface area contributed by atoms with E-state index in [0.29, 0.717) is 49.4 Å². The van der Waals surface area contributed by atoms with Crippen LogP contribution < -0.4 is 4.74 Å². The Morgan fingerprint density at radius 1 is 1.22 bits per heavy atom. The van der Waals surface area contributed by atoms with Crippen LogP contribution in [0.3, 0.4) is 0 Å². The fourth-order valence-corrected chi connectivity index (χ4v) is 4.44. The third kappa shape index (κ3) is 11.9. The van der Waals surface area contributed by atoms with Crippen LogP contribution in [-0.4, -0.2) is 87.0 Å². The molecule has 1 aliphatic rings. The Bertz CT molecular complexity index is 869. The zero-order chi connectivity index (χ0) is 27.2. The molecule has 2 rings (SSSR count). The molecule has 0 spiro atoms. The van der Waals surface area contributed by atoms with Crippen molar-refractivity contribution in [3.05, 3.63) is 53.6 Å². The van der Waals surface area contributed by atoms with Gasteiger partial charge in [-0.1, -0.05) is 42.0 Å². The number of aliphatic hydroxyl groups excluding tert-OH is 3. The number of hydrogen-bond acceptors (Lipinski definition) is 9. The first-order chi connectivity index (χ1) is 17.7. The monoisotopic (exact) mass is 542 g/mol. The molecule has 1 saturated carbocycles. The van der Waals surface area contributed by atoms with Crippen molar-refractivity contribution < 1.29 is 40.1 Å². The molecule has 11 heteroatoms. The number of aliphatic hydroxyl groups is 3. The van der Waals surface area contributed by atoms with Crippen LogP contribution in [0.2, 0.25) is 5.02 Å². The summed E-state index contributed by atoms with van der Waals surface area (Å²) in [6.07, 6.45) is 8.17. The Balaban J connectivity index is 1.71. The summed E-state index contributed by atoms with van der Waals surface area (Å²) in [6.45, 7) is 0.570. The van der Waals surface area contributed by atoms with Gasteiger partial charge in [0.2, 0.25) is 5.91 Å². The molecule has 0 radical (unpaired) electrons. The molecule has 0 bridgehead atoms. The fourth-order valence-electron chi connectivity index (χ4n) is 4.26. The predicted octanol–water partition coefficient (Wildman–Crippen LogP) is 2.97.